The van der Waals surface area contributed by atoms with E-state index in [4.69, 9.17) is 21.7 Å². The van der Waals surface area contributed by atoms with Crippen molar-refractivity contribution in [3.05, 3.63) is 69.1 Å². The van der Waals surface area contributed by atoms with Crippen molar-refractivity contribution in [3.63, 3.8) is 0 Å². The largest absolute Gasteiger partial charge is 0.481 e. The highest BCUT2D eigenvalue weighted by Crippen LogP contribution is 2.36. The standard InChI is InChI=1S/C27H32ClN3O3S/c1-17-6-9-21(14-22(17)28)24-18(2)35-26(30-24)31(16-27(3,4)5)15-19-7-10-20(11-8-19)25(34)29-13-12-23(32)33/h6-11,14H,12-13,15-16H2,1-5H3,(H,29,34)(H,32,33). The number of carbonyl (C=O) groups is 2. The molecule has 0 aliphatic rings. The van der Waals surface area contributed by atoms with Crippen LogP contribution in [0.2, 0.25) is 5.02 Å². The highest BCUT2D eigenvalue weighted by atomic mass is 35.5. The van der Waals surface area contributed by atoms with Crippen LogP contribution in [0.3, 0.4) is 0 Å². The van der Waals surface area contributed by atoms with Crippen LogP contribution in [-0.2, 0) is 11.3 Å². The number of thiazole rings is 1. The molecule has 0 fully saturated rings. The van der Waals surface area contributed by atoms with E-state index in [2.05, 4.69) is 44.0 Å². The summed E-state index contributed by atoms with van der Waals surface area (Å²) in [5.41, 5.74) is 4.61. The highest BCUT2D eigenvalue weighted by Gasteiger charge is 2.22. The van der Waals surface area contributed by atoms with Gasteiger partial charge in [0, 0.05) is 40.7 Å². The van der Waals surface area contributed by atoms with E-state index in [1.807, 2.05) is 31.2 Å². The van der Waals surface area contributed by atoms with E-state index < -0.39 is 5.97 Å². The fraction of sp³-hybridized carbons (Fsp3) is 0.370. The number of nitrogens with one attached hydrogen (secondary N) is 1. The zero-order chi connectivity index (χ0) is 25.8. The number of nitrogens with zero attached hydrogens (tertiary/aromatic N) is 2. The molecular formula is C27H32ClN3O3S. The third-order valence-corrected chi connectivity index (χ3v) is 6.82. The maximum absolute atomic E-state index is 12.3. The summed E-state index contributed by atoms with van der Waals surface area (Å²) in [6.45, 7) is 12.2. The van der Waals surface area contributed by atoms with Crippen LogP contribution in [0.5, 0.6) is 0 Å². The van der Waals surface area contributed by atoms with Crippen molar-refractivity contribution in [2.75, 3.05) is 18.0 Å². The van der Waals surface area contributed by atoms with Crippen LogP contribution < -0.4 is 10.2 Å². The van der Waals surface area contributed by atoms with E-state index >= 15 is 0 Å². The number of amides is 1. The highest BCUT2D eigenvalue weighted by molar-refractivity contribution is 7.16. The lowest BCUT2D eigenvalue weighted by Crippen LogP contribution is -2.32. The maximum Gasteiger partial charge on any atom is 0.305 e. The number of carboxylic acid groups (broad SMARTS) is 1. The van der Waals surface area contributed by atoms with Gasteiger partial charge in [0.2, 0.25) is 0 Å². The zero-order valence-electron chi connectivity index (χ0n) is 20.8. The lowest BCUT2D eigenvalue weighted by atomic mass is 9.96. The molecule has 0 atom stereocenters. The quantitative estimate of drug-likeness (QED) is 0.349. The van der Waals surface area contributed by atoms with Crippen molar-refractivity contribution < 1.29 is 14.7 Å². The van der Waals surface area contributed by atoms with E-state index in [-0.39, 0.29) is 24.3 Å². The van der Waals surface area contributed by atoms with Crippen LogP contribution in [0.25, 0.3) is 11.3 Å². The maximum atomic E-state index is 12.3. The Bertz CT molecular complexity index is 1200. The molecule has 1 heterocycles. The van der Waals surface area contributed by atoms with E-state index in [9.17, 15) is 9.59 Å². The normalized spacial score (nSPS) is 11.4. The summed E-state index contributed by atoms with van der Waals surface area (Å²) in [5, 5.41) is 13.0. The first-order valence-electron chi connectivity index (χ1n) is 11.5. The zero-order valence-corrected chi connectivity index (χ0v) is 22.4. The molecule has 0 saturated carbocycles. The number of anilines is 1. The number of hydrogen-bond donors (Lipinski definition) is 2. The summed E-state index contributed by atoms with van der Waals surface area (Å²) < 4.78 is 0. The number of carboxylic acids is 1. The van der Waals surface area contributed by atoms with Gasteiger partial charge >= 0.3 is 5.97 Å². The Morgan fingerprint density at radius 2 is 1.80 bits per heavy atom. The molecule has 2 N–H and O–H groups in total. The molecule has 0 aliphatic heterocycles. The minimum absolute atomic E-state index is 0.0525. The third kappa shape index (κ3) is 7.54. The summed E-state index contributed by atoms with van der Waals surface area (Å²) in [5.74, 6) is -1.22. The fourth-order valence-corrected chi connectivity index (χ4v) is 4.77. The SMILES string of the molecule is Cc1ccc(-c2nc(N(Cc3ccc(C(=O)NCCC(=O)O)cc3)CC(C)(C)C)sc2C)cc1Cl. The molecule has 0 unspecified atom stereocenters. The smallest absolute Gasteiger partial charge is 0.305 e. The number of aliphatic carboxylic acids is 1. The van der Waals surface area contributed by atoms with Crippen LogP contribution in [0, 0.1) is 19.3 Å². The first-order valence-corrected chi connectivity index (χ1v) is 12.7. The van der Waals surface area contributed by atoms with Crippen molar-refractivity contribution >= 4 is 39.9 Å². The van der Waals surface area contributed by atoms with Gasteiger partial charge in [-0.3, -0.25) is 9.59 Å². The van der Waals surface area contributed by atoms with Crippen LogP contribution in [0.15, 0.2) is 42.5 Å². The second-order valence-corrected chi connectivity index (χ2v) is 11.5. The Morgan fingerprint density at radius 1 is 1.11 bits per heavy atom. The number of rotatable bonds is 9. The number of carbonyl (C=O) groups excluding carboxylic acids is 1. The van der Waals surface area contributed by atoms with E-state index in [1.54, 1.807) is 23.5 Å². The van der Waals surface area contributed by atoms with Gasteiger partial charge in [-0.05, 0) is 48.6 Å². The van der Waals surface area contributed by atoms with Crippen LogP contribution in [0.4, 0.5) is 5.13 Å². The molecule has 3 rings (SSSR count). The van der Waals surface area contributed by atoms with E-state index in [0.717, 1.165) is 44.0 Å². The summed E-state index contributed by atoms with van der Waals surface area (Å²) in [7, 11) is 0. The average molecular weight is 514 g/mol. The van der Waals surface area contributed by atoms with Gasteiger partial charge in [0.25, 0.3) is 5.91 Å². The van der Waals surface area contributed by atoms with Crippen molar-refractivity contribution in [1.82, 2.24) is 10.3 Å². The van der Waals surface area contributed by atoms with Gasteiger partial charge in [-0.15, -0.1) is 11.3 Å². The molecule has 6 nitrogen and oxygen atoms in total. The molecule has 0 spiro atoms. The Morgan fingerprint density at radius 3 is 2.40 bits per heavy atom. The molecule has 2 aromatic carbocycles. The number of halogens is 1. The number of benzene rings is 2. The van der Waals surface area contributed by atoms with Crippen molar-refractivity contribution in [2.24, 2.45) is 5.41 Å². The Balaban J connectivity index is 1.81. The van der Waals surface area contributed by atoms with Crippen LogP contribution >= 0.6 is 22.9 Å². The minimum atomic E-state index is -0.939. The monoisotopic (exact) mass is 513 g/mol. The van der Waals surface area contributed by atoms with Gasteiger partial charge in [-0.1, -0.05) is 56.6 Å². The molecule has 0 radical (unpaired) electrons. The molecule has 0 bridgehead atoms. The number of aromatic nitrogens is 1. The summed E-state index contributed by atoms with van der Waals surface area (Å²) in [6, 6.07) is 13.5. The van der Waals surface area contributed by atoms with Gasteiger partial charge in [-0.2, -0.15) is 0 Å². The predicted molar refractivity (Wildman–Crippen MR) is 144 cm³/mol. The van der Waals surface area contributed by atoms with Gasteiger partial charge in [0.15, 0.2) is 5.13 Å². The molecule has 1 amide bonds. The minimum Gasteiger partial charge on any atom is -0.481 e. The van der Waals surface area contributed by atoms with Gasteiger partial charge in [0.05, 0.1) is 12.1 Å². The Hall–Kier alpha value is -2.90. The summed E-state index contributed by atoms with van der Waals surface area (Å²) in [4.78, 5) is 31.3. The fourth-order valence-electron chi connectivity index (χ4n) is 3.66. The first-order chi connectivity index (χ1) is 16.4. The van der Waals surface area contributed by atoms with Crippen molar-refractivity contribution in [1.29, 1.82) is 0 Å². The van der Waals surface area contributed by atoms with E-state index in [0.29, 0.717) is 12.1 Å². The second kappa shape index (κ2) is 11.2. The average Bonchev–Trinajstić information content (AvgIpc) is 3.16. The van der Waals surface area contributed by atoms with Crippen LogP contribution in [0.1, 0.15) is 53.6 Å². The van der Waals surface area contributed by atoms with Crippen molar-refractivity contribution in [2.45, 2.75) is 47.6 Å². The lowest BCUT2D eigenvalue weighted by molar-refractivity contribution is -0.136. The van der Waals surface area contributed by atoms with Gasteiger partial charge in [0.1, 0.15) is 0 Å². The first kappa shape index (κ1) is 26.7. The molecule has 35 heavy (non-hydrogen) atoms. The number of aryl methyl sites for hydroxylation is 2. The lowest BCUT2D eigenvalue weighted by Gasteiger charge is -2.30. The van der Waals surface area contributed by atoms with E-state index in [1.165, 1.54) is 0 Å². The summed E-state index contributed by atoms with van der Waals surface area (Å²) >= 11 is 8.03. The molecule has 0 aliphatic carbocycles. The molecule has 3 aromatic rings. The summed E-state index contributed by atoms with van der Waals surface area (Å²) in [6.07, 6.45) is -0.102. The second-order valence-electron chi connectivity index (χ2n) is 9.88. The molecule has 0 saturated heterocycles. The number of hydrogen-bond acceptors (Lipinski definition) is 5. The van der Waals surface area contributed by atoms with Gasteiger partial charge in [-0.25, -0.2) is 4.98 Å². The van der Waals surface area contributed by atoms with Crippen molar-refractivity contribution in [3.8, 4) is 11.3 Å². The molecular weight excluding hydrogens is 482 g/mol. The Labute approximate surface area is 216 Å². The van der Waals surface area contributed by atoms with Crippen LogP contribution in [-0.4, -0.2) is 35.1 Å². The predicted octanol–water partition coefficient (Wildman–Crippen LogP) is 6.34. The molecule has 8 heteroatoms. The molecule has 1 aromatic heterocycles. The molecule has 186 valence electrons. The van der Waals surface area contributed by atoms with Gasteiger partial charge < -0.3 is 15.3 Å². The Kier molecular flexibility index (Phi) is 8.56. The topological polar surface area (TPSA) is 82.5 Å². The third-order valence-electron chi connectivity index (χ3n) is 5.38.